The second-order valence-corrected chi connectivity index (χ2v) is 9.77. The number of nitrogens with zero attached hydrogens (tertiary/aromatic N) is 2. The van der Waals surface area contributed by atoms with E-state index in [4.69, 9.17) is 0 Å². The number of H-pyrrole nitrogens is 1. The van der Waals surface area contributed by atoms with Gasteiger partial charge < -0.3 is 14.9 Å². The van der Waals surface area contributed by atoms with Gasteiger partial charge in [-0.3, -0.25) is 0 Å². The Morgan fingerprint density at radius 3 is 1.70 bits per heavy atom. The molecule has 0 spiro atoms. The normalized spacial score (nSPS) is 12.1. The first kappa shape index (κ1) is 23.4. The van der Waals surface area contributed by atoms with Crippen molar-refractivity contribution in [1.82, 2.24) is 0 Å². The zero-order valence-corrected chi connectivity index (χ0v) is 21.1. The van der Waals surface area contributed by atoms with Crippen molar-refractivity contribution in [3.63, 3.8) is 0 Å². The molecule has 1 N–H and O–H groups in total. The second kappa shape index (κ2) is 9.46. The summed E-state index contributed by atoms with van der Waals surface area (Å²) in [5.41, 5.74) is 7.86. The number of fused-ring (bicyclic) bond motifs is 3. The van der Waals surface area contributed by atoms with Crippen molar-refractivity contribution in [2.75, 3.05) is 9.80 Å². The number of hydrogen-bond acceptors (Lipinski definition) is 4. The van der Waals surface area contributed by atoms with Gasteiger partial charge >= 0.3 is 18.9 Å². The van der Waals surface area contributed by atoms with Crippen LogP contribution < -0.4 is 38.8 Å². The van der Waals surface area contributed by atoms with Crippen LogP contribution in [0.15, 0.2) is 121 Å². The number of hydrogen-bond donors (Lipinski definition) is 0. The van der Waals surface area contributed by atoms with Gasteiger partial charge in [-0.1, -0.05) is 71.7 Å². The number of thiazole rings is 1. The summed E-state index contributed by atoms with van der Waals surface area (Å²) in [6, 6.07) is 40.9. The second-order valence-electron chi connectivity index (χ2n) is 8.72. The van der Waals surface area contributed by atoms with Crippen LogP contribution in [0.1, 0.15) is 0 Å². The summed E-state index contributed by atoms with van der Waals surface area (Å²) < 4.78 is 1.14. The molecule has 6 heteroatoms. The van der Waals surface area contributed by atoms with Crippen molar-refractivity contribution < 1.29 is 29.0 Å². The fraction of sp³-hybridized carbons (Fsp3) is 0. The molecule has 0 radical (unpaired) electrons. The van der Waals surface area contributed by atoms with Crippen LogP contribution in [0.2, 0.25) is 0 Å². The summed E-state index contributed by atoms with van der Waals surface area (Å²) in [5, 5.41) is 14.3. The van der Waals surface area contributed by atoms with Crippen molar-refractivity contribution in [2.24, 2.45) is 0 Å². The molecule has 37 heavy (non-hydrogen) atoms. The largest absolute Gasteiger partial charge is 1.00 e. The number of nitrogens with one attached hydrogen (secondary N) is 1. The first-order chi connectivity index (χ1) is 17.8. The Kier molecular flexibility index (Phi) is 5.98. The predicted octanol–water partition coefficient (Wildman–Crippen LogP) is 4.71. The van der Waals surface area contributed by atoms with Crippen LogP contribution >= 0.6 is 11.3 Å². The van der Waals surface area contributed by atoms with E-state index in [9.17, 15) is 5.11 Å². The topological polar surface area (TPSA) is 43.7 Å². The first-order valence-electron chi connectivity index (χ1n) is 11.8. The maximum Gasteiger partial charge on any atom is 1.00 e. The third kappa shape index (κ3) is 3.89. The molecule has 1 aromatic heterocycles. The van der Waals surface area contributed by atoms with Crippen LogP contribution in [-0.4, -0.2) is 0 Å². The zero-order valence-electron chi connectivity index (χ0n) is 20.3. The molecule has 1 aliphatic rings. The zero-order chi connectivity index (χ0) is 24.1. The van der Waals surface area contributed by atoms with E-state index in [-0.39, 0.29) is 24.6 Å². The Hall–Kier alpha value is -4.01. The molecule has 1 aliphatic heterocycles. The molecule has 0 unspecified atom stereocenters. The average molecular weight is 491 g/mol. The monoisotopic (exact) mass is 490 g/mol. The summed E-state index contributed by atoms with van der Waals surface area (Å²) in [4.78, 5) is 7.87. The van der Waals surface area contributed by atoms with Gasteiger partial charge in [-0.2, -0.15) is 4.98 Å². The van der Waals surface area contributed by atoms with Gasteiger partial charge in [0.1, 0.15) is 4.70 Å². The molecule has 0 saturated carbocycles. The molecular formula is C31H21LiN3OS+. The average Bonchev–Trinajstić information content (AvgIpc) is 3.36. The molecule has 0 fully saturated rings. The maximum absolute atomic E-state index is 13.4. The van der Waals surface area contributed by atoms with Crippen LogP contribution in [-0.2, 0) is 0 Å². The van der Waals surface area contributed by atoms with Crippen LogP contribution in [0.4, 0.5) is 34.1 Å². The molecule has 4 nitrogen and oxygen atoms in total. The smallest absolute Gasteiger partial charge is 0.872 e. The Bertz CT molecular complexity index is 1650. The van der Waals surface area contributed by atoms with Gasteiger partial charge in [-0.25, -0.2) is 0 Å². The number of para-hydroxylation sites is 6. The minimum Gasteiger partial charge on any atom is -0.872 e. The molecule has 0 bridgehead atoms. The molecule has 5 aromatic carbocycles. The van der Waals surface area contributed by atoms with E-state index < -0.39 is 0 Å². The number of rotatable bonds is 3. The van der Waals surface area contributed by atoms with Crippen molar-refractivity contribution in [3.8, 4) is 16.3 Å². The van der Waals surface area contributed by atoms with Crippen LogP contribution in [0.5, 0.6) is 5.75 Å². The summed E-state index contributed by atoms with van der Waals surface area (Å²) in [6.45, 7) is 0. The summed E-state index contributed by atoms with van der Waals surface area (Å²) >= 11 is 1.61. The minimum atomic E-state index is -0.00393. The van der Waals surface area contributed by atoms with Gasteiger partial charge in [0.15, 0.2) is 0 Å². The van der Waals surface area contributed by atoms with Gasteiger partial charge in [0, 0.05) is 23.0 Å². The fourth-order valence-corrected chi connectivity index (χ4v) is 5.99. The number of aromatic amines is 1. The van der Waals surface area contributed by atoms with E-state index in [1.54, 1.807) is 17.4 Å². The van der Waals surface area contributed by atoms with Gasteiger partial charge in [-0.15, -0.1) is 0 Å². The Labute approximate surface area is 231 Å². The maximum atomic E-state index is 13.4. The van der Waals surface area contributed by atoms with Gasteiger partial charge in [0.2, 0.25) is 5.52 Å². The van der Waals surface area contributed by atoms with Gasteiger partial charge in [-0.05, 0) is 60.7 Å². The summed E-state index contributed by atoms with van der Waals surface area (Å²) in [7, 11) is 0. The van der Waals surface area contributed by atoms with E-state index in [1.165, 1.54) is 0 Å². The van der Waals surface area contributed by atoms with E-state index in [0.717, 1.165) is 49.3 Å². The summed E-state index contributed by atoms with van der Waals surface area (Å²) in [5.74, 6) is -0.00393. The summed E-state index contributed by atoms with van der Waals surface area (Å²) in [6.07, 6.45) is 0. The number of aromatic nitrogens is 1. The van der Waals surface area contributed by atoms with Crippen LogP contribution in [0.25, 0.3) is 20.8 Å². The van der Waals surface area contributed by atoms with Crippen molar-refractivity contribution in [1.29, 1.82) is 0 Å². The molecular weight excluding hydrogens is 469 g/mol. The molecule has 0 aliphatic carbocycles. The minimum absolute atomic E-state index is 0. The van der Waals surface area contributed by atoms with Crippen LogP contribution in [0, 0.1) is 0 Å². The van der Waals surface area contributed by atoms with E-state index >= 15 is 0 Å². The van der Waals surface area contributed by atoms with Crippen LogP contribution in [0.3, 0.4) is 0 Å². The molecule has 6 aromatic rings. The van der Waals surface area contributed by atoms with Gasteiger partial charge in [0.25, 0.3) is 5.01 Å². The molecule has 7 rings (SSSR count). The predicted molar refractivity (Wildman–Crippen MR) is 146 cm³/mol. The standard InChI is InChI=1S/C31H21N3OS.Li/c35-29-20-22(18-19-23(29)31-32-24-12-4-9-17-30(24)36-31)34-27-15-7-5-13-25(27)33(21-10-2-1-3-11-21)26-14-6-8-16-28(26)34;/h1-20,35H;/q;+1. The van der Waals surface area contributed by atoms with Crippen molar-refractivity contribution in [3.05, 3.63) is 121 Å². The number of anilines is 6. The Morgan fingerprint density at radius 1 is 0.568 bits per heavy atom. The quantitative estimate of drug-likeness (QED) is 0.337. The SMILES string of the molecule is [Li+].[O-]c1cc(N2c3ccccc3N(c3ccccc3)c3ccccc32)ccc1-c1[nH+]c2ccccc2s1. The van der Waals surface area contributed by atoms with Gasteiger partial charge in [0.05, 0.1) is 22.7 Å². The van der Waals surface area contributed by atoms with E-state index in [1.807, 2.05) is 48.5 Å². The van der Waals surface area contributed by atoms with E-state index in [0.29, 0.717) is 5.56 Å². The Balaban J connectivity index is 0.00000252. The fourth-order valence-electron chi connectivity index (χ4n) is 4.95. The molecule has 0 atom stereocenters. The molecule has 0 amide bonds. The molecule has 2 heterocycles. The van der Waals surface area contributed by atoms with E-state index in [2.05, 4.69) is 81.5 Å². The van der Waals surface area contributed by atoms with Crippen molar-refractivity contribution in [2.45, 2.75) is 0 Å². The number of benzene rings is 5. The Morgan fingerprint density at radius 2 is 1.11 bits per heavy atom. The third-order valence-corrected chi connectivity index (χ3v) is 7.66. The molecule has 172 valence electrons. The molecule has 0 saturated heterocycles. The third-order valence-electron chi connectivity index (χ3n) is 6.56. The first-order valence-corrected chi connectivity index (χ1v) is 12.7. The van der Waals surface area contributed by atoms with Crippen molar-refractivity contribution >= 4 is 55.7 Å².